The lowest BCUT2D eigenvalue weighted by Gasteiger charge is -2.23. The first-order chi connectivity index (χ1) is 16.6. The quantitative estimate of drug-likeness (QED) is 0.140. The Kier molecular flexibility index (Phi) is 7.89. The number of nitrogens with zero attached hydrogens (tertiary/aromatic N) is 5. The molecule has 178 valence electrons. The Bertz CT molecular complexity index is 1120. The highest BCUT2D eigenvalue weighted by Gasteiger charge is 2.24. The van der Waals surface area contributed by atoms with Gasteiger partial charge >= 0.3 is 6.01 Å². The number of nitro benzene ring substituents is 1. The van der Waals surface area contributed by atoms with Crippen LogP contribution in [0.4, 0.5) is 16.2 Å². The lowest BCUT2D eigenvalue weighted by atomic mass is 10.0. The maximum absolute atomic E-state index is 11.7. The van der Waals surface area contributed by atoms with Crippen LogP contribution in [0.2, 0.25) is 0 Å². The molecule has 2 aromatic rings. The number of H-pyrrole nitrogens is 1. The minimum Gasteiger partial charge on any atom is -0.376 e. The highest BCUT2D eigenvalue weighted by Crippen LogP contribution is 2.29. The number of aromatic nitrogens is 2. The first-order valence-electron chi connectivity index (χ1n) is 11.0. The molecule has 0 unspecified atom stereocenters. The van der Waals surface area contributed by atoms with E-state index in [1.807, 2.05) is 10.8 Å². The summed E-state index contributed by atoms with van der Waals surface area (Å²) in [5.74, 6) is 0.380. The summed E-state index contributed by atoms with van der Waals surface area (Å²) in [5.41, 5.74) is 8.16. The first kappa shape index (κ1) is 23.5. The van der Waals surface area contributed by atoms with Crippen molar-refractivity contribution in [2.75, 3.05) is 30.7 Å². The molecule has 1 saturated heterocycles. The predicted octanol–water partition coefficient (Wildman–Crippen LogP) is 2.38. The molecule has 0 bridgehead atoms. The molecule has 4 N–H and O–H groups in total. The van der Waals surface area contributed by atoms with Crippen LogP contribution in [0.15, 0.2) is 40.9 Å². The van der Waals surface area contributed by atoms with Gasteiger partial charge in [0.15, 0.2) is 0 Å². The Morgan fingerprint density at radius 3 is 2.91 bits per heavy atom. The van der Waals surface area contributed by atoms with Crippen molar-refractivity contribution in [2.45, 2.75) is 31.7 Å². The summed E-state index contributed by atoms with van der Waals surface area (Å²) >= 11 is 1.08. The Morgan fingerprint density at radius 2 is 2.21 bits per heavy atom. The van der Waals surface area contributed by atoms with Gasteiger partial charge in [0.2, 0.25) is 0 Å². The number of aryl methyl sites for hydroxylation is 1. The minimum atomic E-state index is -0.395. The normalized spacial score (nSPS) is 17.9. The van der Waals surface area contributed by atoms with E-state index < -0.39 is 4.92 Å². The van der Waals surface area contributed by atoms with Gasteiger partial charge in [0.25, 0.3) is 10.9 Å². The van der Waals surface area contributed by atoms with E-state index in [4.69, 9.17) is 0 Å². The number of hydrogen-bond donors (Lipinski definition) is 4. The van der Waals surface area contributed by atoms with Crippen LogP contribution in [0.1, 0.15) is 30.5 Å². The number of hydrogen-bond acceptors (Lipinski definition) is 9. The van der Waals surface area contributed by atoms with Gasteiger partial charge in [-0.15, -0.1) is 0 Å². The van der Waals surface area contributed by atoms with Crippen LogP contribution in [-0.4, -0.2) is 67.9 Å². The van der Waals surface area contributed by atoms with Gasteiger partial charge in [0.1, 0.15) is 5.69 Å². The highest BCUT2D eigenvalue weighted by molar-refractivity contribution is 8.14. The second-order valence-corrected chi connectivity index (χ2v) is 8.87. The summed E-state index contributed by atoms with van der Waals surface area (Å²) in [6.07, 6.45) is 7.02. The number of nitro groups is 1. The van der Waals surface area contributed by atoms with Gasteiger partial charge in [-0.3, -0.25) is 14.9 Å². The highest BCUT2D eigenvalue weighted by atomic mass is 32.2. The molecule has 4 rings (SSSR count). The number of amides is 1. The number of imidazole rings is 1. The first-order valence-corrected chi connectivity index (χ1v) is 12.0. The zero-order valence-electron chi connectivity index (χ0n) is 18.5. The number of carbonyl (C=O) groups excluding carboxylic acids is 1. The van der Waals surface area contributed by atoms with Crippen molar-refractivity contribution in [3.8, 4) is 0 Å². The van der Waals surface area contributed by atoms with Crippen LogP contribution >= 0.6 is 11.8 Å². The molecule has 34 heavy (non-hydrogen) atoms. The maximum atomic E-state index is 11.7. The van der Waals surface area contributed by atoms with E-state index in [1.165, 1.54) is 6.07 Å². The fraction of sp³-hybridized carbons (Fsp3) is 0.429. The van der Waals surface area contributed by atoms with Crippen molar-refractivity contribution in [1.29, 1.82) is 0 Å². The molecule has 2 aliphatic heterocycles. The molecule has 2 aliphatic rings. The fourth-order valence-electron chi connectivity index (χ4n) is 3.73. The summed E-state index contributed by atoms with van der Waals surface area (Å²) in [7, 11) is 0. The maximum Gasteiger partial charge on any atom is 0.338 e. The van der Waals surface area contributed by atoms with Crippen molar-refractivity contribution in [1.82, 2.24) is 20.8 Å². The molecule has 3 heterocycles. The third kappa shape index (κ3) is 6.42. The van der Waals surface area contributed by atoms with Crippen molar-refractivity contribution < 1.29 is 14.3 Å². The average molecular weight is 485 g/mol. The van der Waals surface area contributed by atoms with Crippen LogP contribution in [0.3, 0.4) is 0 Å². The number of benzene rings is 1. The second-order valence-electron chi connectivity index (χ2n) is 7.93. The number of carbonyl (C=O) groups is 1. The molecular formula is C21H26N9O3S+. The number of anilines is 1. The van der Waals surface area contributed by atoms with Gasteiger partial charge < -0.3 is 10.3 Å². The summed E-state index contributed by atoms with van der Waals surface area (Å²) < 4.78 is 2.02. The molecule has 1 fully saturated rings. The van der Waals surface area contributed by atoms with Gasteiger partial charge in [-0.1, -0.05) is 17.8 Å². The molecule has 0 atom stereocenters. The number of rotatable bonds is 9. The summed E-state index contributed by atoms with van der Waals surface area (Å²) in [6, 6.07) is 8.15. The second kappa shape index (κ2) is 11.4. The smallest absolute Gasteiger partial charge is 0.338 e. The lowest BCUT2D eigenvalue weighted by Crippen LogP contribution is -2.34. The van der Waals surface area contributed by atoms with E-state index in [9.17, 15) is 14.9 Å². The van der Waals surface area contributed by atoms with Gasteiger partial charge in [-0.2, -0.15) is 5.10 Å². The number of piperidine rings is 1. The Labute approximate surface area is 200 Å². The number of nitrogens with one attached hydrogen (secondary N) is 4. The molecule has 12 nitrogen and oxygen atoms in total. The fourth-order valence-corrected chi connectivity index (χ4v) is 4.33. The summed E-state index contributed by atoms with van der Waals surface area (Å²) in [4.78, 5) is 29.7. The molecule has 1 aromatic heterocycles. The largest absolute Gasteiger partial charge is 0.376 e. The molecular weight excluding hydrogens is 458 g/mol. The molecule has 0 saturated carbocycles. The zero-order valence-corrected chi connectivity index (χ0v) is 19.3. The third-order valence-corrected chi connectivity index (χ3v) is 6.32. The summed E-state index contributed by atoms with van der Waals surface area (Å²) in [5, 5.41) is 22.9. The van der Waals surface area contributed by atoms with Crippen molar-refractivity contribution in [3.05, 3.63) is 52.1 Å². The molecule has 1 aromatic carbocycles. The summed E-state index contributed by atoms with van der Waals surface area (Å²) in [6.45, 7) is 2.26. The van der Waals surface area contributed by atoms with Crippen LogP contribution in [0, 0.1) is 10.1 Å². The van der Waals surface area contributed by atoms with Gasteiger partial charge in [0, 0.05) is 42.5 Å². The molecule has 1 amide bonds. The Hall–Kier alpha value is -3.70. The average Bonchev–Trinajstić information content (AvgIpc) is 3.36. The molecule has 13 heteroatoms. The van der Waals surface area contributed by atoms with Crippen LogP contribution in [0.25, 0.3) is 0 Å². The van der Waals surface area contributed by atoms with Crippen molar-refractivity contribution in [2.24, 2.45) is 10.2 Å². The zero-order chi connectivity index (χ0) is 23.8. The predicted molar refractivity (Wildman–Crippen MR) is 130 cm³/mol. The van der Waals surface area contributed by atoms with Crippen LogP contribution < -0.4 is 16.2 Å². The monoisotopic (exact) mass is 484 g/mol. The van der Waals surface area contributed by atoms with E-state index in [2.05, 4.69) is 42.3 Å². The molecule has 0 aliphatic carbocycles. The third-order valence-electron chi connectivity index (χ3n) is 5.55. The molecule has 0 spiro atoms. The van der Waals surface area contributed by atoms with E-state index >= 15 is 0 Å². The standard InChI is InChI=1S/C21H25N9O3S/c31-21-28-27-19(12-34-21)15-3-4-18(20(10-15)30(32)33)26-16-5-8-29(9-6-16)14-25-24-7-1-2-17-11-22-13-23-17/h3-4,10-11,13,16,24H,1-2,5-9,12H2,(H2-,22,23,26,27,28,31)/p+1. The van der Waals surface area contributed by atoms with Crippen LogP contribution in [-0.2, 0) is 6.42 Å². The number of thioether (sulfide) groups is 1. The van der Waals surface area contributed by atoms with E-state index in [0.29, 0.717) is 22.7 Å². The van der Waals surface area contributed by atoms with E-state index in [0.717, 1.165) is 62.8 Å². The minimum absolute atomic E-state index is 0.00306. The van der Waals surface area contributed by atoms with E-state index in [-0.39, 0.29) is 17.0 Å². The van der Waals surface area contributed by atoms with Gasteiger partial charge in [-0.05, 0) is 18.9 Å². The van der Waals surface area contributed by atoms with Gasteiger partial charge in [-0.25, -0.2) is 20.4 Å². The van der Waals surface area contributed by atoms with Crippen LogP contribution in [0.5, 0.6) is 0 Å². The number of hydrazone groups is 2. The topological polar surface area (TPSA) is 153 Å². The SMILES string of the molecule is O=C1NN=C(c2ccc(NC3CC[N+](=C=NNCCCc4c[nH]cn4)CC3)c([N+](=O)[O-])c2)CS1. The lowest BCUT2D eigenvalue weighted by molar-refractivity contribution is -0.532. The van der Waals surface area contributed by atoms with Gasteiger partial charge in [0.05, 0.1) is 47.4 Å². The number of aromatic amines is 1. The van der Waals surface area contributed by atoms with E-state index in [1.54, 1.807) is 18.5 Å². The Morgan fingerprint density at radius 1 is 1.35 bits per heavy atom. The van der Waals surface area contributed by atoms with Crippen molar-refractivity contribution >= 4 is 40.1 Å². The molecule has 0 radical (unpaired) electrons. The van der Waals surface area contributed by atoms with Crippen molar-refractivity contribution in [3.63, 3.8) is 0 Å². The Balaban J connectivity index is 1.28.